The molecule has 1 saturated carbocycles. The average Bonchev–Trinajstić information content (AvgIpc) is 2.98. The number of hydrogen-bond donors (Lipinski definition) is 1. The summed E-state index contributed by atoms with van der Waals surface area (Å²) in [4.78, 5) is 2.71. The molecule has 0 saturated heterocycles. The van der Waals surface area contributed by atoms with Crippen molar-refractivity contribution in [2.45, 2.75) is 58.4 Å². The van der Waals surface area contributed by atoms with Crippen LogP contribution in [0.3, 0.4) is 0 Å². The van der Waals surface area contributed by atoms with Gasteiger partial charge < -0.3 is 4.90 Å². The Hall–Kier alpha value is 0.310. The Morgan fingerprint density at radius 2 is 1.80 bits per heavy atom. The zero-order valence-electron chi connectivity index (χ0n) is 10.4. The molecule has 0 aromatic carbocycles. The van der Waals surface area contributed by atoms with E-state index in [2.05, 4.69) is 31.4 Å². The van der Waals surface area contributed by atoms with Crippen molar-refractivity contribution in [1.29, 1.82) is 0 Å². The fourth-order valence-corrected chi connectivity index (χ4v) is 2.34. The minimum absolute atomic E-state index is 0.822. The van der Waals surface area contributed by atoms with Gasteiger partial charge in [0.15, 0.2) is 0 Å². The lowest BCUT2D eigenvalue weighted by molar-refractivity contribution is 0.229. The number of rotatable bonds is 9. The third-order valence-corrected chi connectivity index (χ3v) is 3.33. The zero-order chi connectivity index (χ0) is 11.1. The first-order chi connectivity index (χ1) is 7.24. The molecule has 0 heterocycles. The fraction of sp³-hybridized carbons (Fsp3) is 1.00. The Balaban J connectivity index is 2.04. The standard InChI is InChI=1S/C13H27NS/c1-12(2)11-14(13-7-8-13)9-5-3-4-6-10-15/h12-13,15H,3-11H2,1-2H3. The van der Waals surface area contributed by atoms with Gasteiger partial charge in [-0.25, -0.2) is 0 Å². The van der Waals surface area contributed by atoms with Crippen LogP contribution in [0.4, 0.5) is 0 Å². The van der Waals surface area contributed by atoms with Gasteiger partial charge in [0, 0.05) is 12.6 Å². The van der Waals surface area contributed by atoms with Crippen molar-refractivity contribution in [1.82, 2.24) is 4.90 Å². The predicted molar refractivity (Wildman–Crippen MR) is 71.8 cm³/mol. The molecule has 0 bridgehead atoms. The van der Waals surface area contributed by atoms with Crippen LogP contribution in [-0.4, -0.2) is 29.8 Å². The molecule has 1 fully saturated rings. The second-order valence-electron chi connectivity index (χ2n) is 5.26. The second-order valence-corrected chi connectivity index (χ2v) is 5.70. The monoisotopic (exact) mass is 229 g/mol. The smallest absolute Gasteiger partial charge is 0.00965 e. The van der Waals surface area contributed by atoms with E-state index in [9.17, 15) is 0 Å². The summed E-state index contributed by atoms with van der Waals surface area (Å²) in [5, 5.41) is 0. The first-order valence-electron chi connectivity index (χ1n) is 6.59. The Bertz CT molecular complexity index is 155. The first kappa shape index (κ1) is 13.4. The highest BCUT2D eigenvalue weighted by Crippen LogP contribution is 2.27. The third-order valence-electron chi connectivity index (χ3n) is 3.02. The van der Waals surface area contributed by atoms with E-state index in [0.29, 0.717) is 0 Å². The van der Waals surface area contributed by atoms with Gasteiger partial charge in [-0.1, -0.05) is 26.7 Å². The van der Waals surface area contributed by atoms with Gasteiger partial charge in [0.05, 0.1) is 0 Å². The molecule has 90 valence electrons. The molecule has 0 amide bonds. The van der Waals surface area contributed by atoms with E-state index in [4.69, 9.17) is 0 Å². The summed E-state index contributed by atoms with van der Waals surface area (Å²) in [6.07, 6.45) is 8.33. The maximum absolute atomic E-state index is 4.24. The molecule has 2 heteroatoms. The van der Waals surface area contributed by atoms with Crippen molar-refractivity contribution >= 4 is 12.6 Å². The number of hydrogen-bond acceptors (Lipinski definition) is 2. The summed E-state index contributed by atoms with van der Waals surface area (Å²) >= 11 is 4.24. The average molecular weight is 229 g/mol. The van der Waals surface area contributed by atoms with Gasteiger partial charge in [0.2, 0.25) is 0 Å². The summed E-state index contributed by atoms with van der Waals surface area (Å²) in [5.74, 6) is 1.88. The van der Waals surface area contributed by atoms with Crippen molar-refractivity contribution < 1.29 is 0 Å². The van der Waals surface area contributed by atoms with Crippen molar-refractivity contribution in [3.63, 3.8) is 0 Å². The molecule has 0 unspecified atom stereocenters. The topological polar surface area (TPSA) is 3.24 Å². The lowest BCUT2D eigenvalue weighted by Gasteiger charge is -2.23. The van der Waals surface area contributed by atoms with E-state index in [-0.39, 0.29) is 0 Å². The largest absolute Gasteiger partial charge is 0.300 e. The SMILES string of the molecule is CC(C)CN(CCCCCCS)C1CC1. The van der Waals surface area contributed by atoms with Crippen molar-refractivity contribution in [3.8, 4) is 0 Å². The molecule has 0 spiro atoms. The van der Waals surface area contributed by atoms with E-state index in [0.717, 1.165) is 17.7 Å². The summed E-state index contributed by atoms with van der Waals surface area (Å²) in [7, 11) is 0. The van der Waals surface area contributed by atoms with Crippen LogP contribution in [0.5, 0.6) is 0 Å². The van der Waals surface area contributed by atoms with E-state index in [1.165, 1.54) is 51.6 Å². The van der Waals surface area contributed by atoms with E-state index in [1.54, 1.807) is 0 Å². The fourth-order valence-electron chi connectivity index (χ4n) is 2.11. The highest BCUT2D eigenvalue weighted by molar-refractivity contribution is 7.80. The van der Waals surface area contributed by atoms with E-state index >= 15 is 0 Å². The lowest BCUT2D eigenvalue weighted by atomic mass is 10.1. The van der Waals surface area contributed by atoms with Crippen molar-refractivity contribution in [2.24, 2.45) is 5.92 Å². The molecule has 1 aliphatic rings. The quantitative estimate of drug-likeness (QED) is 0.467. The molecule has 1 rings (SSSR count). The van der Waals surface area contributed by atoms with Crippen LogP contribution in [-0.2, 0) is 0 Å². The Labute approximate surface area is 101 Å². The van der Waals surface area contributed by atoms with Crippen LogP contribution < -0.4 is 0 Å². The molecule has 0 atom stereocenters. The van der Waals surface area contributed by atoms with Crippen LogP contribution in [0.2, 0.25) is 0 Å². The highest BCUT2D eigenvalue weighted by atomic mass is 32.1. The second kappa shape index (κ2) is 7.56. The number of nitrogens with zero attached hydrogens (tertiary/aromatic N) is 1. The summed E-state index contributed by atoms with van der Waals surface area (Å²) in [6, 6.07) is 0.942. The van der Waals surface area contributed by atoms with Crippen LogP contribution in [0.1, 0.15) is 52.4 Å². The molecular weight excluding hydrogens is 202 g/mol. The van der Waals surface area contributed by atoms with Gasteiger partial charge in [-0.2, -0.15) is 12.6 Å². The molecular formula is C13H27NS. The maximum Gasteiger partial charge on any atom is 0.00965 e. The minimum Gasteiger partial charge on any atom is -0.300 e. The minimum atomic E-state index is 0.822. The first-order valence-corrected chi connectivity index (χ1v) is 7.22. The van der Waals surface area contributed by atoms with E-state index in [1.807, 2.05) is 0 Å². The Kier molecular flexibility index (Phi) is 6.74. The van der Waals surface area contributed by atoms with Gasteiger partial charge in [-0.05, 0) is 43.9 Å². The molecule has 0 aliphatic heterocycles. The molecule has 0 N–H and O–H groups in total. The third kappa shape index (κ3) is 6.47. The van der Waals surface area contributed by atoms with Gasteiger partial charge in [-0.15, -0.1) is 0 Å². The molecule has 15 heavy (non-hydrogen) atoms. The normalized spacial score (nSPS) is 16.6. The van der Waals surface area contributed by atoms with Gasteiger partial charge >= 0.3 is 0 Å². The predicted octanol–water partition coefficient (Wildman–Crippen LogP) is 3.60. The highest BCUT2D eigenvalue weighted by Gasteiger charge is 2.28. The molecule has 1 nitrogen and oxygen atoms in total. The molecule has 0 radical (unpaired) electrons. The lowest BCUT2D eigenvalue weighted by Crippen LogP contribution is -2.30. The Morgan fingerprint density at radius 3 is 2.33 bits per heavy atom. The van der Waals surface area contributed by atoms with E-state index < -0.39 is 0 Å². The summed E-state index contributed by atoms with van der Waals surface area (Å²) in [6.45, 7) is 7.29. The van der Waals surface area contributed by atoms with Crippen LogP contribution >= 0.6 is 12.6 Å². The Morgan fingerprint density at radius 1 is 1.13 bits per heavy atom. The van der Waals surface area contributed by atoms with Gasteiger partial charge in [-0.3, -0.25) is 0 Å². The summed E-state index contributed by atoms with van der Waals surface area (Å²) < 4.78 is 0. The number of unbranched alkanes of at least 4 members (excludes halogenated alkanes) is 3. The van der Waals surface area contributed by atoms with Gasteiger partial charge in [0.25, 0.3) is 0 Å². The zero-order valence-corrected chi connectivity index (χ0v) is 11.3. The van der Waals surface area contributed by atoms with Gasteiger partial charge in [0.1, 0.15) is 0 Å². The summed E-state index contributed by atoms with van der Waals surface area (Å²) in [5.41, 5.74) is 0. The molecule has 1 aliphatic carbocycles. The van der Waals surface area contributed by atoms with Crippen LogP contribution in [0.25, 0.3) is 0 Å². The molecule has 0 aromatic rings. The number of thiol groups is 1. The van der Waals surface area contributed by atoms with Crippen LogP contribution in [0.15, 0.2) is 0 Å². The maximum atomic E-state index is 4.24. The molecule has 0 aromatic heterocycles. The van der Waals surface area contributed by atoms with Crippen LogP contribution in [0, 0.1) is 5.92 Å². The van der Waals surface area contributed by atoms with Crippen molar-refractivity contribution in [2.75, 3.05) is 18.8 Å². The van der Waals surface area contributed by atoms with Crippen molar-refractivity contribution in [3.05, 3.63) is 0 Å².